The maximum atomic E-state index is 14.9. The Kier molecular flexibility index (Phi) is 6.01. The number of thiocarbonyl (C=S) groups is 1. The second-order valence-corrected chi connectivity index (χ2v) is 10.3. The molecule has 4 aromatic carbocycles. The Morgan fingerprint density at radius 3 is 2.11 bits per heavy atom. The van der Waals surface area contributed by atoms with Crippen LogP contribution in [0.25, 0.3) is 0 Å². The average Bonchev–Trinajstić information content (AvgIpc) is 3.39. The highest BCUT2D eigenvalue weighted by Crippen LogP contribution is 2.51. The van der Waals surface area contributed by atoms with Crippen LogP contribution in [0.3, 0.4) is 0 Å². The lowest BCUT2D eigenvalue weighted by atomic mass is 9.79. The van der Waals surface area contributed by atoms with E-state index in [-0.39, 0.29) is 5.91 Å². The molecule has 6 rings (SSSR count). The van der Waals surface area contributed by atoms with Gasteiger partial charge in [0.2, 0.25) is 5.66 Å². The Morgan fingerprint density at radius 1 is 0.842 bits per heavy atom. The first-order chi connectivity index (χ1) is 18.4. The van der Waals surface area contributed by atoms with E-state index in [0.717, 1.165) is 33.8 Å². The molecule has 2 heterocycles. The SMILES string of the molecule is Cc1ccc(C2C(c3cccc(Cl)c3)=NN(c3ccccc3)C23C(=O)N(c2ccccc2)C(=S)N3C)cc1. The van der Waals surface area contributed by atoms with Crippen LogP contribution in [0.4, 0.5) is 11.4 Å². The molecule has 38 heavy (non-hydrogen) atoms. The van der Waals surface area contributed by atoms with E-state index in [0.29, 0.717) is 10.1 Å². The minimum Gasteiger partial charge on any atom is -0.318 e. The molecule has 0 aromatic heterocycles. The number of rotatable bonds is 4. The van der Waals surface area contributed by atoms with Gasteiger partial charge in [0.25, 0.3) is 5.91 Å². The molecule has 0 aliphatic carbocycles. The second-order valence-electron chi connectivity index (χ2n) is 9.53. The first-order valence-corrected chi connectivity index (χ1v) is 13.1. The van der Waals surface area contributed by atoms with Crippen molar-refractivity contribution in [1.82, 2.24) is 4.90 Å². The van der Waals surface area contributed by atoms with Gasteiger partial charge in [-0.3, -0.25) is 9.69 Å². The lowest BCUT2D eigenvalue weighted by molar-refractivity contribution is -0.124. The number of benzene rings is 4. The maximum absolute atomic E-state index is 14.9. The second kappa shape index (κ2) is 9.39. The summed E-state index contributed by atoms with van der Waals surface area (Å²) in [4.78, 5) is 18.4. The summed E-state index contributed by atoms with van der Waals surface area (Å²) in [5, 5.41) is 8.05. The number of hydrogen-bond donors (Lipinski definition) is 0. The van der Waals surface area contributed by atoms with E-state index < -0.39 is 11.6 Å². The van der Waals surface area contributed by atoms with Crippen molar-refractivity contribution in [1.29, 1.82) is 0 Å². The lowest BCUT2D eigenvalue weighted by Crippen LogP contribution is -2.61. The Bertz CT molecular complexity index is 1560. The lowest BCUT2D eigenvalue weighted by Gasteiger charge is -2.41. The van der Waals surface area contributed by atoms with E-state index in [2.05, 4.69) is 31.2 Å². The minimum absolute atomic E-state index is 0.161. The highest BCUT2D eigenvalue weighted by molar-refractivity contribution is 7.80. The van der Waals surface area contributed by atoms with Gasteiger partial charge in [-0.05, 0) is 61.1 Å². The Balaban J connectivity index is 1.65. The molecule has 2 atom stereocenters. The molecule has 1 saturated heterocycles. The maximum Gasteiger partial charge on any atom is 0.283 e. The molecule has 2 aliphatic rings. The number of anilines is 2. The first-order valence-electron chi connectivity index (χ1n) is 12.4. The van der Waals surface area contributed by atoms with E-state index in [4.69, 9.17) is 28.9 Å². The van der Waals surface area contributed by atoms with Crippen LogP contribution in [0.5, 0.6) is 0 Å². The predicted octanol–water partition coefficient (Wildman–Crippen LogP) is 6.62. The summed E-state index contributed by atoms with van der Waals surface area (Å²) >= 11 is 12.4. The monoisotopic (exact) mass is 536 g/mol. The highest BCUT2D eigenvalue weighted by atomic mass is 35.5. The van der Waals surface area contributed by atoms with Crippen LogP contribution in [0.15, 0.2) is 114 Å². The molecule has 4 aromatic rings. The van der Waals surface area contributed by atoms with Crippen molar-refractivity contribution < 1.29 is 4.79 Å². The fraction of sp³-hybridized carbons (Fsp3) is 0.129. The predicted molar refractivity (Wildman–Crippen MR) is 158 cm³/mol. The molecule has 1 amide bonds. The van der Waals surface area contributed by atoms with Crippen LogP contribution < -0.4 is 9.91 Å². The zero-order valence-corrected chi connectivity index (χ0v) is 22.5. The van der Waals surface area contributed by atoms with Crippen LogP contribution in [0.1, 0.15) is 22.6 Å². The molecule has 2 unspecified atom stereocenters. The first kappa shape index (κ1) is 24.3. The number of carbonyl (C=O) groups excluding carboxylic acids is 1. The zero-order valence-electron chi connectivity index (χ0n) is 21.0. The molecule has 5 nitrogen and oxygen atoms in total. The van der Waals surface area contributed by atoms with Crippen molar-refractivity contribution >= 4 is 51.9 Å². The summed E-state index contributed by atoms with van der Waals surface area (Å²) in [7, 11) is 1.89. The number of likely N-dealkylation sites (N-methyl/N-ethyl adjacent to an activating group) is 1. The molecule has 0 saturated carbocycles. The van der Waals surface area contributed by atoms with Crippen LogP contribution >= 0.6 is 23.8 Å². The van der Waals surface area contributed by atoms with Gasteiger partial charge in [0, 0.05) is 17.6 Å². The van der Waals surface area contributed by atoms with Gasteiger partial charge in [-0.2, -0.15) is 5.10 Å². The number of hydrogen-bond acceptors (Lipinski definition) is 4. The molecule has 0 N–H and O–H groups in total. The highest BCUT2D eigenvalue weighted by Gasteiger charge is 2.67. The van der Waals surface area contributed by atoms with Crippen molar-refractivity contribution in [2.45, 2.75) is 18.5 Å². The summed E-state index contributed by atoms with van der Waals surface area (Å²) in [5.74, 6) is -0.627. The van der Waals surface area contributed by atoms with E-state index in [1.165, 1.54) is 0 Å². The number of nitrogens with zero attached hydrogens (tertiary/aromatic N) is 4. The number of aryl methyl sites for hydroxylation is 1. The largest absolute Gasteiger partial charge is 0.318 e. The van der Waals surface area contributed by atoms with Crippen LogP contribution in [0.2, 0.25) is 5.02 Å². The molecule has 0 bridgehead atoms. The smallest absolute Gasteiger partial charge is 0.283 e. The van der Waals surface area contributed by atoms with Crippen LogP contribution in [0, 0.1) is 6.92 Å². The minimum atomic E-state index is -1.28. The quantitative estimate of drug-likeness (QED) is 0.275. The normalized spacial score (nSPS) is 21.0. The fourth-order valence-corrected chi connectivity index (χ4v) is 5.96. The molecular formula is C31H25ClN4OS. The number of hydrazone groups is 1. The third kappa shape index (κ3) is 3.63. The van der Waals surface area contributed by atoms with E-state index in [1.54, 1.807) is 4.90 Å². The number of amides is 1. The summed E-state index contributed by atoms with van der Waals surface area (Å²) in [5.41, 5.74) is 3.93. The van der Waals surface area contributed by atoms with Gasteiger partial charge in [0.05, 0.1) is 23.0 Å². The number of para-hydroxylation sites is 2. The summed E-state index contributed by atoms with van der Waals surface area (Å²) < 4.78 is 0. The van der Waals surface area contributed by atoms with Gasteiger partial charge < -0.3 is 4.90 Å². The van der Waals surface area contributed by atoms with E-state index in [9.17, 15) is 4.79 Å². The average molecular weight is 537 g/mol. The fourth-order valence-electron chi connectivity index (χ4n) is 5.45. The van der Waals surface area contributed by atoms with Crippen molar-refractivity contribution in [2.75, 3.05) is 17.0 Å². The molecular weight excluding hydrogens is 512 g/mol. The van der Waals surface area contributed by atoms with Gasteiger partial charge in [0.15, 0.2) is 5.11 Å². The van der Waals surface area contributed by atoms with Crippen molar-refractivity contribution in [3.8, 4) is 0 Å². The third-order valence-electron chi connectivity index (χ3n) is 7.26. The summed E-state index contributed by atoms with van der Waals surface area (Å²) in [6, 6.07) is 35.2. The summed E-state index contributed by atoms with van der Waals surface area (Å²) in [6.07, 6.45) is 0. The van der Waals surface area contributed by atoms with Gasteiger partial charge in [0.1, 0.15) is 0 Å². The molecule has 1 fully saturated rings. The molecule has 2 aliphatic heterocycles. The van der Waals surface area contributed by atoms with Crippen molar-refractivity contribution in [2.24, 2.45) is 5.10 Å². The number of halogens is 1. The van der Waals surface area contributed by atoms with Crippen molar-refractivity contribution in [3.05, 3.63) is 131 Å². The van der Waals surface area contributed by atoms with Crippen LogP contribution in [-0.4, -0.2) is 34.3 Å². The third-order valence-corrected chi connectivity index (χ3v) is 7.95. The van der Waals surface area contributed by atoms with Gasteiger partial charge in [-0.15, -0.1) is 0 Å². The summed E-state index contributed by atoms with van der Waals surface area (Å²) in [6.45, 7) is 2.05. The Morgan fingerprint density at radius 2 is 1.47 bits per heavy atom. The molecule has 7 heteroatoms. The zero-order chi connectivity index (χ0) is 26.4. The molecule has 188 valence electrons. The van der Waals surface area contributed by atoms with E-state index in [1.807, 2.05) is 102 Å². The molecule has 0 radical (unpaired) electrons. The van der Waals surface area contributed by atoms with Gasteiger partial charge >= 0.3 is 0 Å². The number of carbonyl (C=O) groups is 1. The van der Waals surface area contributed by atoms with Crippen LogP contribution in [-0.2, 0) is 4.79 Å². The van der Waals surface area contributed by atoms with E-state index >= 15 is 0 Å². The van der Waals surface area contributed by atoms with Crippen molar-refractivity contribution in [3.63, 3.8) is 0 Å². The van der Waals surface area contributed by atoms with Gasteiger partial charge in [-0.1, -0.05) is 90.0 Å². The molecule has 1 spiro atoms. The topological polar surface area (TPSA) is 39.2 Å². The Hall–Kier alpha value is -4.00. The van der Waals surface area contributed by atoms with Gasteiger partial charge in [-0.25, -0.2) is 5.01 Å². The standard InChI is InChI=1S/C31H25ClN4OS/c1-21-16-18-22(19-17-21)27-28(23-10-9-11-24(32)20-23)33-36(26-14-7-4-8-15-26)31(27)29(37)35(30(38)34(31)2)25-12-5-3-6-13-25/h3-20,27H,1-2H3. The Labute approximate surface area is 232 Å².